The van der Waals surface area contributed by atoms with Crippen LogP contribution in [0.4, 0.5) is 0 Å². The van der Waals surface area contributed by atoms with Crippen LogP contribution in [0, 0.1) is 0 Å². The van der Waals surface area contributed by atoms with Crippen LogP contribution in [0.5, 0.6) is 0 Å². The van der Waals surface area contributed by atoms with Crippen LogP contribution in [-0.4, -0.2) is 49.3 Å². The minimum absolute atomic E-state index is 0.0758. The number of amides is 1. The Kier molecular flexibility index (Phi) is 3.89. The lowest BCUT2D eigenvalue weighted by molar-refractivity contribution is -0.139. The molecule has 19 heavy (non-hydrogen) atoms. The normalized spacial score (nSPS) is 34.9. The molecule has 4 heteroatoms. The number of allylic oxidation sites excluding steroid dienone is 1. The summed E-state index contributed by atoms with van der Waals surface area (Å²) in [6.45, 7) is 1.55. The Hall–Kier alpha value is -0.870. The van der Waals surface area contributed by atoms with E-state index in [1.165, 1.54) is 6.42 Å². The van der Waals surface area contributed by atoms with Gasteiger partial charge in [-0.1, -0.05) is 6.08 Å². The second kappa shape index (κ2) is 5.63. The van der Waals surface area contributed by atoms with Crippen molar-refractivity contribution < 1.29 is 14.3 Å². The average Bonchev–Trinajstić information content (AvgIpc) is 2.96. The van der Waals surface area contributed by atoms with E-state index in [4.69, 9.17) is 9.47 Å². The number of carbonyl (C=O) groups excluding carboxylic acids is 1. The maximum Gasteiger partial charge on any atom is 0.249 e. The van der Waals surface area contributed by atoms with Crippen molar-refractivity contribution in [1.29, 1.82) is 0 Å². The summed E-state index contributed by atoms with van der Waals surface area (Å²) in [5.41, 5.74) is 1.02. The van der Waals surface area contributed by atoms with Gasteiger partial charge in [0.15, 0.2) is 0 Å². The molecule has 0 saturated carbocycles. The van der Waals surface area contributed by atoms with Crippen LogP contribution in [-0.2, 0) is 14.3 Å². The Balaban J connectivity index is 1.74. The van der Waals surface area contributed by atoms with Crippen LogP contribution in [0.3, 0.4) is 0 Å². The lowest BCUT2D eigenvalue weighted by Crippen LogP contribution is -2.55. The number of ether oxygens (including phenoxy) is 2. The van der Waals surface area contributed by atoms with Crippen LogP contribution in [0.2, 0.25) is 0 Å². The molecule has 2 aliphatic heterocycles. The molecule has 106 valence electrons. The fourth-order valence-electron chi connectivity index (χ4n) is 3.61. The van der Waals surface area contributed by atoms with Crippen LogP contribution in [0.25, 0.3) is 0 Å². The molecular formula is C15H23NO3. The van der Waals surface area contributed by atoms with Gasteiger partial charge in [0.2, 0.25) is 5.91 Å². The maximum absolute atomic E-state index is 12.7. The van der Waals surface area contributed by atoms with Gasteiger partial charge in [-0.3, -0.25) is 4.79 Å². The first-order valence-corrected chi connectivity index (χ1v) is 7.45. The molecule has 0 radical (unpaired) electrons. The molecule has 2 saturated heterocycles. The molecule has 0 N–H and O–H groups in total. The molecule has 3 aliphatic rings. The molecule has 0 bridgehead atoms. The molecule has 0 aromatic rings. The van der Waals surface area contributed by atoms with Gasteiger partial charge < -0.3 is 14.4 Å². The molecule has 3 atom stereocenters. The smallest absolute Gasteiger partial charge is 0.249 e. The van der Waals surface area contributed by atoms with Crippen LogP contribution >= 0.6 is 0 Å². The molecule has 4 nitrogen and oxygen atoms in total. The number of likely N-dealkylation sites (tertiary alicyclic amines) is 1. The number of methoxy groups -OCH3 is 1. The molecule has 2 fully saturated rings. The number of hydrogen-bond donors (Lipinski definition) is 0. The fourth-order valence-corrected chi connectivity index (χ4v) is 3.61. The highest BCUT2D eigenvalue weighted by Gasteiger charge is 2.44. The molecule has 2 heterocycles. The van der Waals surface area contributed by atoms with Gasteiger partial charge in [-0.25, -0.2) is 0 Å². The summed E-state index contributed by atoms with van der Waals surface area (Å²) < 4.78 is 11.3. The number of carbonyl (C=O) groups is 1. The van der Waals surface area contributed by atoms with E-state index in [0.29, 0.717) is 0 Å². The van der Waals surface area contributed by atoms with Gasteiger partial charge in [0.1, 0.15) is 6.10 Å². The summed E-state index contributed by atoms with van der Waals surface area (Å²) in [5, 5.41) is 0. The zero-order valence-electron chi connectivity index (χ0n) is 11.6. The van der Waals surface area contributed by atoms with E-state index in [1.807, 2.05) is 4.90 Å². The number of hydrogen-bond acceptors (Lipinski definition) is 3. The lowest BCUT2D eigenvalue weighted by Gasteiger charge is -2.41. The molecule has 1 aliphatic carbocycles. The van der Waals surface area contributed by atoms with Crippen LogP contribution in [0.1, 0.15) is 38.5 Å². The van der Waals surface area contributed by atoms with Gasteiger partial charge in [0, 0.05) is 25.8 Å². The topological polar surface area (TPSA) is 38.8 Å². The van der Waals surface area contributed by atoms with Crippen molar-refractivity contribution in [2.75, 3.05) is 20.3 Å². The van der Waals surface area contributed by atoms with E-state index in [0.717, 1.165) is 50.8 Å². The SMILES string of the molecule is CO[C@@H]1CCN(C(=O)C2=CCCCC2)[C@H]2CCO[C@H]12. The standard InChI is InChI=1S/C15H23NO3/c1-18-13-7-9-16(12-8-10-19-14(12)13)15(17)11-5-3-2-4-6-11/h5,12-14H,2-4,6-10H2,1H3/t12-,13+,14-/m0/s1. The van der Waals surface area contributed by atoms with E-state index in [-0.39, 0.29) is 24.2 Å². The number of nitrogens with zero attached hydrogens (tertiary/aromatic N) is 1. The molecule has 0 spiro atoms. The van der Waals surface area contributed by atoms with Gasteiger partial charge in [0.25, 0.3) is 0 Å². The quantitative estimate of drug-likeness (QED) is 0.765. The average molecular weight is 265 g/mol. The van der Waals surface area contributed by atoms with E-state index in [2.05, 4.69) is 6.08 Å². The number of piperidine rings is 1. The highest BCUT2D eigenvalue weighted by molar-refractivity contribution is 5.93. The summed E-state index contributed by atoms with van der Waals surface area (Å²) in [7, 11) is 1.74. The number of rotatable bonds is 2. The molecule has 3 rings (SSSR count). The Labute approximate surface area is 114 Å². The monoisotopic (exact) mass is 265 g/mol. The Morgan fingerprint density at radius 1 is 1.42 bits per heavy atom. The van der Waals surface area contributed by atoms with Gasteiger partial charge in [0.05, 0.1) is 12.1 Å². The van der Waals surface area contributed by atoms with Crippen molar-refractivity contribution in [1.82, 2.24) is 4.90 Å². The second-order valence-corrected chi connectivity index (χ2v) is 5.73. The summed E-state index contributed by atoms with van der Waals surface area (Å²) in [6, 6.07) is 0.217. The fraction of sp³-hybridized carbons (Fsp3) is 0.800. The largest absolute Gasteiger partial charge is 0.379 e. The first-order chi connectivity index (χ1) is 9.31. The molecule has 0 aromatic carbocycles. The first kappa shape index (κ1) is 13.1. The third-order valence-electron chi connectivity index (χ3n) is 4.65. The summed E-state index contributed by atoms with van der Waals surface area (Å²) in [6.07, 6.45) is 8.57. The van der Waals surface area contributed by atoms with Gasteiger partial charge >= 0.3 is 0 Å². The van der Waals surface area contributed by atoms with E-state index in [1.54, 1.807) is 7.11 Å². The van der Waals surface area contributed by atoms with E-state index >= 15 is 0 Å². The third-order valence-corrected chi connectivity index (χ3v) is 4.65. The van der Waals surface area contributed by atoms with E-state index < -0.39 is 0 Å². The van der Waals surface area contributed by atoms with Gasteiger partial charge in [-0.15, -0.1) is 0 Å². The Bertz CT molecular complexity index is 380. The van der Waals surface area contributed by atoms with Crippen molar-refractivity contribution in [3.8, 4) is 0 Å². The predicted molar refractivity (Wildman–Crippen MR) is 71.8 cm³/mol. The van der Waals surface area contributed by atoms with Crippen molar-refractivity contribution in [3.63, 3.8) is 0 Å². The summed E-state index contributed by atoms with van der Waals surface area (Å²) in [4.78, 5) is 14.7. The second-order valence-electron chi connectivity index (χ2n) is 5.73. The highest BCUT2D eigenvalue weighted by Crippen LogP contribution is 2.32. The third kappa shape index (κ3) is 2.43. The predicted octanol–water partition coefficient (Wildman–Crippen LogP) is 1.89. The minimum atomic E-state index is 0.0758. The minimum Gasteiger partial charge on any atom is -0.379 e. The molecular weight excluding hydrogens is 242 g/mol. The molecule has 1 amide bonds. The Morgan fingerprint density at radius 3 is 3.05 bits per heavy atom. The lowest BCUT2D eigenvalue weighted by atomic mass is 9.92. The highest BCUT2D eigenvalue weighted by atomic mass is 16.5. The summed E-state index contributed by atoms with van der Waals surface area (Å²) >= 11 is 0. The van der Waals surface area contributed by atoms with Gasteiger partial charge in [-0.05, 0) is 38.5 Å². The Morgan fingerprint density at radius 2 is 2.32 bits per heavy atom. The van der Waals surface area contributed by atoms with Crippen LogP contribution in [0.15, 0.2) is 11.6 Å². The summed E-state index contributed by atoms with van der Waals surface area (Å²) in [5.74, 6) is 0.245. The number of fused-ring (bicyclic) bond motifs is 1. The van der Waals surface area contributed by atoms with Gasteiger partial charge in [-0.2, -0.15) is 0 Å². The van der Waals surface area contributed by atoms with E-state index in [9.17, 15) is 4.79 Å². The molecule has 0 unspecified atom stereocenters. The van der Waals surface area contributed by atoms with Crippen molar-refractivity contribution in [2.24, 2.45) is 0 Å². The van der Waals surface area contributed by atoms with Crippen molar-refractivity contribution >= 4 is 5.91 Å². The van der Waals surface area contributed by atoms with Crippen LogP contribution < -0.4 is 0 Å². The first-order valence-electron chi connectivity index (χ1n) is 7.45. The zero-order valence-corrected chi connectivity index (χ0v) is 11.6. The maximum atomic E-state index is 12.7. The molecule has 0 aromatic heterocycles. The zero-order chi connectivity index (χ0) is 13.2. The van der Waals surface area contributed by atoms with Crippen molar-refractivity contribution in [3.05, 3.63) is 11.6 Å². The van der Waals surface area contributed by atoms with Crippen molar-refractivity contribution in [2.45, 2.75) is 56.8 Å².